The number of piperazine rings is 1. The molecular weight excluding hydrogens is 276 g/mol. The average molecular weight is 294 g/mol. The van der Waals surface area contributed by atoms with Gasteiger partial charge < -0.3 is 10.0 Å². The Balaban J connectivity index is 1.56. The van der Waals surface area contributed by atoms with Crippen molar-refractivity contribution in [1.29, 1.82) is 0 Å². The lowest BCUT2D eigenvalue weighted by Gasteiger charge is -2.34. The number of aliphatic hydroxyl groups excluding tert-OH is 1. The zero-order valence-electron chi connectivity index (χ0n) is 11.2. The molecule has 7 heteroatoms. The molecule has 1 amide bonds. The minimum absolute atomic E-state index is 0.138. The molecule has 0 radical (unpaired) electrons. The Bertz CT molecular complexity index is 557. The second kappa shape index (κ2) is 5.90. The maximum absolute atomic E-state index is 12.2. The highest BCUT2D eigenvalue weighted by Gasteiger charge is 2.21. The minimum atomic E-state index is 0.138. The summed E-state index contributed by atoms with van der Waals surface area (Å²) in [6.45, 7) is 4.02. The first kappa shape index (κ1) is 13.5. The van der Waals surface area contributed by atoms with Crippen LogP contribution in [0.15, 0.2) is 17.8 Å². The molecule has 0 bridgehead atoms. The molecule has 3 heterocycles. The van der Waals surface area contributed by atoms with E-state index in [1.165, 1.54) is 0 Å². The number of nitrogens with zero attached hydrogens (tertiary/aromatic N) is 4. The molecule has 1 fully saturated rings. The number of fused-ring (bicyclic) bond motifs is 1. The van der Waals surface area contributed by atoms with Crippen LogP contribution in [0.5, 0.6) is 0 Å². The number of carbonyl (C=O) groups excluding carboxylic acids is 1. The van der Waals surface area contributed by atoms with Gasteiger partial charge in [0.1, 0.15) is 0 Å². The maximum Gasteiger partial charge on any atom is 0.228 e. The van der Waals surface area contributed by atoms with Crippen molar-refractivity contribution in [2.75, 3.05) is 39.3 Å². The molecule has 1 aliphatic heterocycles. The van der Waals surface area contributed by atoms with E-state index in [4.69, 9.17) is 5.11 Å². The number of thiazole rings is 1. The number of amides is 1. The summed E-state index contributed by atoms with van der Waals surface area (Å²) in [7, 11) is 0. The van der Waals surface area contributed by atoms with Crippen LogP contribution in [0, 0.1) is 0 Å². The highest BCUT2D eigenvalue weighted by Crippen LogP contribution is 2.13. The van der Waals surface area contributed by atoms with Crippen LogP contribution in [0.3, 0.4) is 0 Å². The van der Waals surface area contributed by atoms with E-state index in [2.05, 4.69) is 9.88 Å². The monoisotopic (exact) mass is 294 g/mol. The molecule has 2 aromatic heterocycles. The molecule has 2 aromatic rings. The van der Waals surface area contributed by atoms with Crippen molar-refractivity contribution < 1.29 is 9.90 Å². The Morgan fingerprint density at radius 2 is 2.15 bits per heavy atom. The zero-order chi connectivity index (χ0) is 13.9. The molecule has 0 spiro atoms. The van der Waals surface area contributed by atoms with Crippen molar-refractivity contribution in [3.05, 3.63) is 23.5 Å². The van der Waals surface area contributed by atoms with Gasteiger partial charge in [-0.25, -0.2) is 4.98 Å². The summed E-state index contributed by atoms with van der Waals surface area (Å²) in [5, 5.41) is 10.9. The van der Waals surface area contributed by atoms with E-state index in [9.17, 15) is 4.79 Å². The zero-order valence-corrected chi connectivity index (χ0v) is 12.1. The number of imidazole rings is 1. The molecule has 6 nitrogen and oxygen atoms in total. The van der Waals surface area contributed by atoms with E-state index in [0.29, 0.717) is 13.0 Å². The second-order valence-corrected chi connectivity index (χ2v) is 5.82. The molecule has 0 atom stereocenters. The molecule has 1 N–H and O–H groups in total. The maximum atomic E-state index is 12.2. The fraction of sp³-hybridized carbons (Fsp3) is 0.538. The van der Waals surface area contributed by atoms with Crippen LogP contribution >= 0.6 is 11.3 Å². The fourth-order valence-corrected chi connectivity index (χ4v) is 3.21. The van der Waals surface area contributed by atoms with Gasteiger partial charge in [-0.3, -0.25) is 14.1 Å². The predicted molar refractivity (Wildman–Crippen MR) is 76.9 cm³/mol. The molecule has 1 aliphatic rings. The van der Waals surface area contributed by atoms with E-state index in [0.717, 1.165) is 36.8 Å². The Morgan fingerprint density at radius 1 is 1.35 bits per heavy atom. The summed E-state index contributed by atoms with van der Waals surface area (Å²) in [6, 6.07) is 0. The van der Waals surface area contributed by atoms with Gasteiger partial charge in [0, 0.05) is 50.5 Å². The predicted octanol–water partition coefficient (Wildman–Crippen LogP) is 0.0748. The standard InChI is InChI=1S/C13H18N4O2S/c18-7-5-15-1-3-16(4-2-15)12(19)9-11-10-17-6-8-20-13(17)14-11/h6,8,10,18H,1-5,7,9H2. The number of carbonyl (C=O) groups is 1. The van der Waals surface area contributed by atoms with Crippen LogP contribution in [0.2, 0.25) is 0 Å². The Hall–Kier alpha value is -1.44. The first-order valence-corrected chi connectivity index (χ1v) is 7.66. The summed E-state index contributed by atoms with van der Waals surface area (Å²) in [4.78, 5) is 21.7. The van der Waals surface area contributed by atoms with Crippen molar-refractivity contribution in [2.45, 2.75) is 6.42 Å². The lowest BCUT2D eigenvalue weighted by molar-refractivity contribution is -0.132. The number of rotatable bonds is 4. The van der Waals surface area contributed by atoms with Gasteiger partial charge in [0.25, 0.3) is 0 Å². The summed E-state index contributed by atoms with van der Waals surface area (Å²) in [5.41, 5.74) is 0.833. The van der Waals surface area contributed by atoms with Crippen LogP contribution < -0.4 is 0 Å². The van der Waals surface area contributed by atoms with Gasteiger partial charge in [-0.2, -0.15) is 0 Å². The number of β-amino-alcohol motifs (C(OH)–C–C–N with tert-alkyl or cyclic N) is 1. The second-order valence-electron chi connectivity index (χ2n) is 4.95. The molecule has 0 saturated carbocycles. The fourth-order valence-electron chi connectivity index (χ4n) is 2.49. The Morgan fingerprint density at radius 3 is 2.85 bits per heavy atom. The lowest BCUT2D eigenvalue weighted by Crippen LogP contribution is -2.49. The first-order valence-electron chi connectivity index (χ1n) is 6.78. The van der Waals surface area contributed by atoms with Gasteiger partial charge in [0.05, 0.1) is 18.7 Å². The van der Waals surface area contributed by atoms with Crippen molar-refractivity contribution >= 4 is 22.2 Å². The average Bonchev–Trinajstić information content (AvgIpc) is 3.01. The molecule has 108 valence electrons. The van der Waals surface area contributed by atoms with E-state index >= 15 is 0 Å². The van der Waals surface area contributed by atoms with Gasteiger partial charge in [-0.1, -0.05) is 0 Å². The highest BCUT2D eigenvalue weighted by molar-refractivity contribution is 7.15. The summed E-state index contributed by atoms with van der Waals surface area (Å²) >= 11 is 1.57. The van der Waals surface area contributed by atoms with Crippen molar-refractivity contribution in [3.8, 4) is 0 Å². The molecule has 0 unspecified atom stereocenters. The number of hydrogen-bond acceptors (Lipinski definition) is 5. The highest BCUT2D eigenvalue weighted by atomic mass is 32.1. The van der Waals surface area contributed by atoms with Crippen molar-refractivity contribution in [2.24, 2.45) is 0 Å². The van der Waals surface area contributed by atoms with Crippen molar-refractivity contribution in [1.82, 2.24) is 19.2 Å². The van der Waals surface area contributed by atoms with E-state index in [1.807, 2.05) is 27.1 Å². The topological polar surface area (TPSA) is 61.1 Å². The summed E-state index contributed by atoms with van der Waals surface area (Å²) in [6.07, 6.45) is 4.24. The number of aromatic nitrogens is 2. The number of aliphatic hydroxyl groups is 1. The quantitative estimate of drug-likeness (QED) is 0.867. The van der Waals surface area contributed by atoms with Gasteiger partial charge >= 0.3 is 0 Å². The van der Waals surface area contributed by atoms with Crippen LogP contribution in [0.4, 0.5) is 0 Å². The summed E-state index contributed by atoms with van der Waals surface area (Å²) < 4.78 is 1.95. The summed E-state index contributed by atoms with van der Waals surface area (Å²) in [5.74, 6) is 0.138. The third-order valence-electron chi connectivity index (χ3n) is 3.62. The smallest absolute Gasteiger partial charge is 0.228 e. The number of hydrogen-bond donors (Lipinski definition) is 1. The third-order valence-corrected chi connectivity index (χ3v) is 4.39. The van der Waals surface area contributed by atoms with Crippen LogP contribution in [0.25, 0.3) is 4.96 Å². The van der Waals surface area contributed by atoms with E-state index in [1.54, 1.807) is 11.3 Å². The minimum Gasteiger partial charge on any atom is -0.395 e. The van der Waals surface area contributed by atoms with Crippen molar-refractivity contribution in [3.63, 3.8) is 0 Å². The van der Waals surface area contributed by atoms with Gasteiger partial charge in [0.2, 0.25) is 5.91 Å². The van der Waals surface area contributed by atoms with E-state index < -0.39 is 0 Å². The van der Waals surface area contributed by atoms with E-state index in [-0.39, 0.29) is 12.5 Å². The van der Waals surface area contributed by atoms with Crippen LogP contribution in [0.1, 0.15) is 5.69 Å². The SMILES string of the molecule is O=C(Cc1cn2ccsc2n1)N1CCN(CCO)CC1. The third kappa shape index (κ3) is 2.84. The molecular formula is C13H18N4O2S. The Kier molecular flexibility index (Phi) is 4.00. The van der Waals surface area contributed by atoms with Crippen LogP contribution in [-0.2, 0) is 11.2 Å². The largest absolute Gasteiger partial charge is 0.395 e. The molecule has 0 aromatic carbocycles. The van der Waals surface area contributed by atoms with Gasteiger partial charge in [0.15, 0.2) is 4.96 Å². The van der Waals surface area contributed by atoms with Gasteiger partial charge in [-0.05, 0) is 0 Å². The first-order chi connectivity index (χ1) is 9.76. The molecule has 1 saturated heterocycles. The molecule has 0 aliphatic carbocycles. The molecule has 3 rings (SSSR count). The van der Waals surface area contributed by atoms with Gasteiger partial charge in [-0.15, -0.1) is 11.3 Å². The van der Waals surface area contributed by atoms with Crippen LogP contribution in [-0.4, -0.2) is 69.5 Å². The molecule has 20 heavy (non-hydrogen) atoms. The Labute approximate surface area is 121 Å². The normalized spacial score (nSPS) is 16.9. The lowest BCUT2D eigenvalue weighted by atomic mass is 10.2.